The highest BCUT2D eigenvalue weighted by atomic mass is 35.5. The number of hydrogen-bond acceptors (Lipinski definition) is 5. The zero-order valence-electron chi connectivity index (χ0n) is 26.2. The van der Waals surface area contributed by atoms with Crippen LogP contribution in [0.25, 0.3) is 11.0 Å². The third kappa shape index (κ3) is 9.12. The number of fused-ring (bicyclic) bond motifs is 1. The fourth-order valence-corrected chi connectivity index (χ4v) is 6.61. The Morgan fingerprint density at radius 2 is 1.42 bits per heavy atom. The van der Waals surface area contributed by atoms with Crippen LogP contribution in [0.5, 0.6) is 0 Å². The summed E-state index contributed by atoms with van der Waals surface area (Å²) in [7, 11) is -3.12. The van der Waals surface area contributed by atoms with Crippen molar-refractivity contribution in [1.82, 2.24) is 14.5 Å². The first-order chi connectivity index (χ1) is 21.4. The Bertz CT molecular complexity index is 1790. The molecule has 4 aromatic rings. The molecule has 0 amide bonds. The molecule has 0 saturated heterocycles. The van der Waals surface area contributed by atoms with Crippen LogP contribution in [-0.2, 0) is 42.3 Å². The van der Waals surface area contributed by atoms with Crippen LogP contribution >= 0.6 is 24.8 Å². The number of sulfonamides is 1. The van der Waals surface area contributed by atoms with Crippen molar-refractivity contribution in [2.45, 2.75) is 43.9 Å². The molecule has 0 radical (unpaired) electrons. The number of aryl methyl sites for hydroxylation is 3. The topological polar surface area (TPSA) is 108 Å². The number of aromatic nitrogens is 2. The fraction of sp³-hybridized carbons (Fsp3) is 0.355. The van der Waals surface area contributed by atoms with Crippen molar-refractivity contribution in [3.63, 3.8) is 0 Å². The maximum Gasteiger partial charge on any atom is 0.416 e. The second-order valence-corrected chi connectivity index (χ2v) is 12.6. The number of anilines is 1. The second kappa shape index (κ2) is 15.8. The van der Waals surface area contributed by atoms with Gasteiger partial charge in [0.2, 0.25) is 0 Å². The highest BCUT2D eigenvalue weighted by molar-refractivity contribution is 7.92. The number of benzene rings is 3. The molecule has 0 spiro atoms. The van der Waals surface area contributed by atoms with Crippen molar-refractivity contribution in [3.8, 4) is 0 Å². The monoisotopic (exact) mass is 740 g/mol. The van der Waals surface area contributed by atoms with Gasteiger partial charge in [0.15, 0.2) is 0 Å². The Labute approximate surface area is 287 Å². The molecule has 3 N–H and O–H groups in total. The number of alkyl halides is 6. The lowest BCUT2D eigenvalue weighted by atomic mass is 10.1. The maximum atomic E-state index is 13.9. The van der Waals surface area contributed by atoms with E-state index in [9.17, 15) is 34.8 Å². The second-order valence-electron chi connectivity index (χ2n) is 10.7. The van der Waals surface area contributed by atoms with Crippen LogP contribution in [0.15, 0.2) is 65.6 Å². The van der Waals surface area contributed by atoms with Crippen LogP contribution in [0.1, 0.15) is 41.9 Å². The van der Waals surface area contributed by atoms with E-state index in [4.69, 9.17) is 11.1 Å². The molecule has 4 rings (SSSR count). The Hall–Kier alpha value is -3.53. The molecule has 0 aliphatic carbocycles. The van der Waals surface area contributed by atoms with Gasteiger partial charge in [0.25, 0.3) is 10.0 Å². The molecule has 0 aliphatic rings. The SMILES string of the molecule is CCN(CC)CCN(c1ccc2c(c1)nc(CCc1ccc(C(=N)N)cc1)n2C)S(=O)(=O)c1cc(C(F)(F)F)cc(C(F)(F)F)c1.Cl.Cl. The first kappa shape index (κ1) is 40.6. The summed E-state index contributed by atoms with van der Waals surface area (Å²) in [5.74, 6) is 0.632. The number of halogens is 8. The van der Waals surface area contributed by atoms with Crippen molar-refractivity contribution in [2.24, 2.45) is 12.8 Å². The molecule has 0 aliphatic heterocycles. The van der Waals surface area contributed by atoms with Gasteiger partial charge in [-0.2, -0.15) is 26.3 Å². The lowest BCUT2D eigenvalue weighted by Crippen LogP contribution is -2.39. The summed E-state index contributed by atoms with van der Waals surface area (Å²) in [6.45, 7) is 4.74. The van der Waals surface area contributed by atoms with Gasteiger partial charge < -0.3 is 15.2 Å². The minimum Gasteiger partial charge on any atom is -0.384 e. The van der Waals surface area contributed by atoms with Gasteiger partial charge in [-0.1, -0.05) is 38.1 Å². The summed E-state index contributed by atoms with van der Waals surface area (Å²) in [6, 6.07) is 12.1. The predicted octanol–water partition coefficient (Wildman–Crippen LogP) is 7.06. The van der Waals surface area contributed by atoms with Gasteiger partial charge in [0.1, 0.15) is 11.7 Å². The summed E-state index contributed by atoms with van der Waals surface area (Å²) in [6.07, 6.45) is -9.31. The van der Waals surface area contributed by atoms with Crippen LogP contribution in [0.3, 0.4) is 0 Å². The average Bonchev–Trinajstić information content (AvgIpc) is 3.31. The lowest BCUT2D eigenvalue weighted by molar-refractivity contribution is -0.143. The largest absolute Gasteiger partial charge is 0.416 e. The van der Waals surface area contributed by atoms with Crippen LogP contribution in [0.2, 0.25) is 0 Å². The van der Waals surface area contributed by atoms with Crippen LogP contribution in [0.4, 0.5) is 32.0 Å². The minimum absolute atomic E-state index is 0. The van der Waals surface area contributed by atoms with Gasteiger partial charge in [-0.15, -0.1) is 24.8 Å². The van der Waals surface area contributed by atoms with E-state index in [-0.39, 0.29) is 67.6 Å². The van der Waals surface area contributed by atoms with Gasteiger partial charge in [0, 0.05) is 32.1 Å². The third-order valence-electron chi connectivity index (χ3n) is 7.81. The van der Waals surface area contributed by atoms with Crippen molar-refractivity contribution >= 4 is 57.4 Å². The lowest BCUT2D eigenvalue weighted by Gasteiger charge is -2.28. The summed E-state index contributed by atoms with van der Waals surface area (Å²) in [5, 5.41) is 7.53. The van der Waals surface area contributed by atoms with Crippen molar-refractivity contribution in [2.75, 3.05) is 30.5 Å². The number of likely N-dealkylation sites (N-methyl/N-ethyl adjacent to an activating group) is 1. The summed E-state index contributed by atoms with van der Waals surface area (Å²) in [4.78, 5) is 5.44. The molecule has 0 atom stereocenters. The molecular weight excluding hydrogens is 705 g/mol. The molecule has 1 heterocycles. The molecule has 48 heavy (non-hydrogen) atoms. The number of rotatable bonds is 12. The highest BCUT2D eigenvalue weighted by Gasteiger charge is 2.39. The Morgan fingerprint density at radius 3 is 1.92 bits per heavy atom. The third-order valence-corrected chi connectivity index (χ3v) is 9.62. The number of hydrogen-bond donors (Lipinski definition) is 2. The van der Waals surface area contributed by atoms with Crippen molar-refractivity contribution in [1.29, 1.82) is 5.41 Å². The van der Waals surface area contributed by atoms with E-state index in [0.29, 0.717) is 48.4 Å². The van der Waals surface area contributed by atoms with Crippen LogP contribution in [0, 0.1) is 5.41 Å². The Balaban J connectivity index is 0.00000400. The molecule has 0 bridgehead atoms. The minimum atomic E-state index is -5.21. The maximum absolute atomic E-state index is 13.9. The van der Waals surface area contributed by atoms with E-state index < -0.39 is 38.4 Å². The van der Waals surface area contributed by atoms with Crippen LogP contribution < -0.4 is 10.0 Å². The van der Waals surface area contributed by atoms with Gasteiger partial charge >= 0.3 is 12.4 Å². The quantitative estimate of drug-likeness (QED) is 0.0919. The van der Waals surface area contributed by atoms with Crippen molar-refractivity contribution in [3.05, 3.63) is 88.7 Å². The standard InChI is InChI=1S/C31H34F6N6O2S.2ClH/c1-4-42(5-2)14-15-43(46(44,45)25-17-22(30(32,33)34)16-23(18-25)31(35,36)37)24-11-12-27-26(19-24)40-28(41(27)3)13-8-20-6-9-21(10-7-20)29(38)39;;/h6-7,9-12,16-19H,4-5,8,13-15H2,1-3H3,(H3,38,39);2*1H. The van der Waals surface area contributed by atoms with E-state index in [1.807, 2.05) is 35.4 Å². The molecule has 17 heteroatoms. The molecular formula is C31H36Cl2F6N6O2S. The Kier molecular flexibility index (Phi) is 13.4. The molecule has 1 aromatic heterocycles. The highest BCUT2D eigenvalue weighted by Crippen LogP contribution is 2.38. The number of nitrogens with zero attached hydrogens (tertiary/aromatic N) is 4. The zero-order chi connectivity index (χ0) is 34.0. The van der Waals surface area contributed by atoms with E-state index >= 15 is 0 Å². The molecule has 3 aromatic carbocycles. The van der Waals surface area contributed by atoms with E-state index in [2.05, 4.69) is 4.98 Å². The van der Waals surface area contributed by atoms with E-state index in [0.717, 1.165) is 9.87 Å². The normalized spacial score (nSPS) is 12.1. The summed E-state index contributed by atoms with van der Waals surface area (Å²) in [5.41, 5.74) is 4.77. The molecule has 264 valence electrons. The predicted molar refractivity (Wildman–Crippen MR) is 179 cm³/mol. The average molecular weight is 742 g/mol. The zero-order valence-corrected chi connectivity index (χ0v) is 28.6. The van der Waals surface area contributed by atoms with Gasteiger partial charge in [-0.05, 0) is 61.5 Å². The van der Waals surface area contributed by atoms with Crippen LogP contribution in [-0.4, -0.2) is 54.9 Å². The van der Waals surface area contributed by atoms with Gasteiger partial charge in [-0.25, -0.2) is 13.4 Å². The van der Waals surface area contributed by atoms with E-state index in [1.54, 1.807) is 25.2 Å². The number of nitrogen functional groups attached to an aromatic ring is 1. The summed E-state index contributed by atoms with van der Waals surface area (Å²) < 4.78 is 112. The number of nitrogens with two attached hydrogens (primary N) is 1. The summed E-state index contributed by atoms with van der Waals surface area (Å²) >= 11 is 0. The smallest absolute Gasteiger partial charge is 0.384 e. The first-order valence-electron chi connectivity index (χ1n) is 14.4. The molecule has 0 saturated carbocycles. The molecule has 0 unspecified atom stereocenters. The first-order valence-corrected chi connectivity index (χ1v) is 15.8. The van der Waals surface area contributed by atoms with E-state index in [1.165, 1.54) is 12.1 Å². The van der Waals surface area contributed by atoms with Crippen molar-refractivity contribution < 1.29 is 34.8 Å². The molecule has 0 fully saturated rings. The number of amidine groups is 1. The number of imidazole rings is 1. The number of nitrogens with one attached hydrogen (secondary N) is 1. The Morgan fingerprint density at radius 1 is 0.854 bits per heavy atom. The van der Waals surface area contributed by atoms with Gasteiger partial charge in [-0.3, -0.25) is 9.71 Å². The fourth-order valence-electron chi connectivity index (χ4n) is 5.09. The molecule has 8 nitrogen and oxygen atoms in total. The van der Waals surface area contributed by atoms with Gasteiger partial charge in [0.05, 0.1) is 32.7 Å².